The molecule has 1 fully saturated rings. The van der Waals surface area contributed by atoms with Gasteiger partial charge in [-0.2, -0.15) is 0 Å². The molecule has 1 aromatic rings. The van der Waals surface area contributed by atoms with Gasteiger partial charge >= 0.3 is 0 Å². The average Bonchev–Trinajstić information content (AvgIpc) is 2.70. The van der Waals surface area contributed by atoms with Crippen molar-refractivity contribution in [3.63, 3.8) is 0 Å². The van der Waals surface area contributed by atoms with Crippen molar-refractivity contribution in [3.8, 4) is 0 Å². The van der Waals surface area contributed by atoms with E-state index in [1.54, 1.807) is 18.5 Å². The van der Waals surface area contributed by atoms with Gasteiger partial charge in [0.2, 0.25) is 0 Å². The summed E-state index contributed by atoms with van der Waals surface area (Å²) >= 11 is 0. The number of rotatable bonds is 4. The third-order valence-electron chi connectivity index (χ3n) is 3.87. The molecule has 0 bridgehead atoms. The molecule has 6 nitrogen and oxygen atoms in total. The monoisotopic (exact) mass is 286 g/mol. The van der Waals surface area contributed by atoms with Crippen molar-refractivity contribution in [2.75, 3.05) is 6.54 Å². The molecular weight excluding hydrogens is 264 g/mol. The van der Waals surface area contributed by atoms with E-state index in [1.807, 2.05) is 0 Å². The average molecular weight is 286 g/mol. The number of aryl methyl sites for hydroxylation is 2. The third kappa shape index (κ3) is 3.34. The van der Waals surface area contributed by atoms with Crippen LogP contribution in [-0.4, -0.2) is 30.6 Å². The quantitative estimate of drug-likeness (QED) is 0.844. The zero-order chi connectivity index (χ0) is 14.0. The standard InChI is InChI=1S/C12H22N4O2S/c1-9-15-12(8-16(9)2)19(17,18)14-7-10-5-3-4-6-11(10)13/h8,10-11,14H,3-7,13H2,1-2H3. The lowest BCUT2D eigenvalue weighted by Gasteiger charge is -2.28. The molecular formula is C12H22N4O2S. The van der Waals surface area contributed by atoms with E-state index in [1.165, 1.54) is 6.20 Å². The van der Waals surface area contributed by atoms with E-state index in [4.69, 9.17) is 5.73 Å². The summed E-state index contributed by atoms with van der Waals surface area (Å²) in [5.41, 5.74) is 6.02. The molecule has 2 atom stereocenters. The fourth-order valence-corrected chi connectivity index (χ4v) is 3.57. The van der Waals surface area contributed by atoms with Gasteiger partial charge in [-0.1, -0.05) is 12.8 Å². The first kappa shape index (κ1) is 14.5. The molecule has 1 aliphatic carbocycles. The highest BCUT2D eigenvalue weighted by Gasteiger charge is 2.25. The summed E-state index contributed by atoms with van der Waals surface area (Å²) in [6.07, 6.45) is 5.77. The van der Waals surface area contributed by atoms with Gasteiger partial charge in [0.05, 0.1) is 0 Å². The Balaban J connectivity index is 2.01. The van der Waals surface area contributed by atoms with E-state index in [0.717, 1.165) is 25.7 Å². The molecule has 1 aliphatic rings. The van der Waals surface area contributed by atoms with Crippen LogP contribution in [0, 0.1) is 12.8 Å². The first-order chi connectivity index (χ1) is 8.90. The maximum absolute atomic E-state index is 12.1. The topological polar surface area (TPSA) is 90.0 Å². The van der Waals surface area contributed by atoms with Crippen molar-refractivity contribution in [2.24, 2.45) is 18.7 Å². The van der Waals surface area contributed by atoms with Crippen LogP contribution in [0.4, 0.5) is 0 Å². The molecule has 0 saturated heterocycles. The molecule has 0 amide bonds. The van der Waals surface area contributed by atoms with Crippen molar-refractivity contribution < 1.29 is 8.42 Å². The van der Waals surface area contributed by atoms with E-state index in [9.17, 15) is 8.42 Å². The molecule has 1 saturated carbocycles. The van der Waals surface area contributed by atoms with Crippen LogP contribution >= 0.6 is 0 Å². The summed E-state index contributed by atoms with van der Waals surface area (Å²) in [5, 5.41) is 0.0804. The van der Waals surface area contributed by atoms with Crippen LogP contribution in [0.25, 0.3) is 0 Å². The van der Waals surface area contributed by atoms with Crippen molar-refractivity contribution in [2.45, 2.75) is 43.7 Å². The van der Waals surface area contributed by atoms with Gasteiger partial charge in [0.1, 0.15) is 5.82 Å². The Morgan fingerprint density at radius 2 is 2.16 bits per heavy atom. The lowest BCUT2D eigenvalue weighted by molar-refractivity contribution is 0.308. The lowest BCUT2D eigenvalue weighted by Crippen LogP contribution is -2.41. The molecule has 7 heteroatoms. The number of hydrogen-bond donors (Lipinski definition) is 2. The highest BCUT2D eigenvalue weighted by atomic mass is 32.2. The second-order valence-electron chi connectivity index (χ2n) is 5.30. The predicted molar refractivity (Wildman–Crippen MR) is 73.1 cm³/mol. The molecule has 2 unspecified atom stereocenters. The van der Waals surface area contributed by atoms with Crippen molar-refractivity contribution in [1.82, 2.24) is 14.3 Å². The number of imidazole rings is 1. The van der Waals surface area contributed by atoms with Gasteiger partial charge in [-0.05, 0) is 25.7 Å². The Labute approximate surface area is 114 Å². The van der Waals surface area contributed by atoms with Crippen molar-refractivity contribution >= 4 is 10.0 Å². The highest BCUT2D eigenvalue weighted by Crippen LogP contribution is 2.22. The Bertz CT molecular complexity index is 518. The SMILES string of the molecule is Cc1nc(S(=O)(=O)NCC2CCCCC2N)cn1C. The van der Waals surface area contributed by atoms with E-state index < -0.39 is 10.0 Å². The van der Waals surface area contributed by atoms with Crippen molar-refractivity contribution in [1.29, 1.82) is 0 Å². The molecule has 0 aliphatic heterocycles. The summed E-state index contributed by atoms with van der Waals surface area (Å²) in [6, 6.07) is 0.0990. The molecule has 3 N–H and O–H groups in total. The summed E-state index contributed by atoms with van der Waals surface area (Å²) in [5.74, 6) is 0.906. The zero-order valence-electron chi connectivity index (χ0n) is 11.5. The Hall–Kier alpha value is -0.920. The first-order valence-electron chi connectivity index (χ1n) is 6.65. The molecule has 0 aromatic carbocycles. The van der Waals surface area contributed by atoms with Crippen LogP contribution in [0.5, 0.6) is 0 Å². The highest BCUT2D eigenvalue weighted by molar-refractivity contribution is 7.89. The van der Waals surface area contributed by atoms with E-state index in [-0.39, 0.29) is 17.0 Å². The smallest absolute Gasteiger partial charge is 0.259 e. The minimum atomic E-state index is -3.52. The largest absolute Gasteiger partial charge is 0.337 e. The molecule has 2 rings (SSSR count). The van der Waals surface area contributed by atoms with Crippen LogP contribution < -0.4 is 10.5 Å². The number of nitrogens with two attached hydrogens (primary N) is 1. The Morgan fingerprint density at radius 3 is 2.74 bits per heavy atom. The zero-order valence-corrected chi connectivity index (χ0v) is 12.3. The third-order valence-corrected chi connectivity index (χ3v) is 5.16. The maximum atomic E-state index is 12.1. The van der Waals surface area contributed by atoms with Crippen LogP contribution in [0.2, 0.25) is 0 Å². The van der Waals surface area contributed by atoms with Gasteiger partial charge < -0.3 is 10.3 Å². The van der Waals surface area contributed by atoms with Crippen LogP contribution in [0.3, 0.4) is 0 Å². The maximum Gasteiger partial charge on any atom is 0.259 e. The Morgan fingerprint density at radius 1 is 1.47 bits per heavy atom. The van der Waals surface area contributed by atoms with Crippen molar-refractivity contribution in [3.05, 3.63) is 12.0 Å². The van der Waals surface area contributed by atoms with Crippen LogP contribution in [0.1, 0.15) is 31.5 Å². The normalized spacial score (nSPS) is 24.6. The number of sulfonamides is 1. The minimum Gasteiger partial charge on any atom is -0.337 e. The molecule has 1 aromatic heterocycles. The predicted octanol–water partition coefficient (Wildman–Crippen LogP) is 0.524. The van der Waals surface area contributed by atoms with E-state index >= 15 is 0 Å². The molecule has 0 spiro atoms. The van der Waals surface area contributed by atoms with Gasteiger partial charge in [-0.25, -0.2) is 18.1 Å². The van der Waals surface area contributed by atoms with Gasteiger partial charge in [-0.15, -0.1) is 0 Å². The summed E-state index contributed by atoms with van der Waals surface area (Å²) < 4.78 is 28.6. The summed E-state index contributed by atoms with van der Waals surface area (Å²) in [7, 11) is -1.75. The van der Waals surface area contributed by atoms with Crippen LogP contribution in [-0.2, 0) is 17.1 Å². The Kier molecular flexibility index (Phi) is 4.27. The second-order valence-corrected chi connectivity index (χ2v) is 7.01. The number of nitrogens with zero attached hydrogens (tertiary/aromatic N) is 2. The lowest BCUT2D eigenvalue weighted by atomic mass is 9.85. The number of nitrogens with one attached hydrogen (secondary N) is 1. The molecule has 1 heterocycles. The summed E-state index contributed by atoms with van der Waals surface area (Å²) in [4.78, 5) is 4.05. The number of hydrogen-bond acceptors (Lipinski definition) is 4. The van der Waals surface area contributed by atoms with Gasteiger partial charge in [-0.3, -0.25) is 0 Å². The van der Waals surface area contributed by atoms with Gasteiger partial charge in [0.15, 0.2) is 5.03 Å². The molecule has 19 heavy (non-hydrogen) atoms. The minimum absolute atomic E-state index is 0.0804. The van der Waals surface area contributed by atoms with Gasteiger partial charge in [0.25, 0.3) is 10.0 Å². The number of aromatic nitrogens is 2. The summed E-state index contributed by atoms with van der Waals surface area (Å²) in [6.45, 7) is 2.18. The molecule has 108 valence electrons. The second kappa shape index (κ2) is 5.60. The van der Waals surface area contributed by atoms with E-state index in [2.05, 4.69) is 9.71 Å². The van der Waals surface area contributed by atoms with Crippen LogP contribution in [0.15, 0.2) is 11.2 Å². The fraction of sp³-hybridized carbons (Fsp3) is 0.750. The van der Waals surface area contributed by atoms with Gasteiger partial charge in [0, 0.05) is 25.8 Å². The fourth-order valence-electron chi connectivity index (χ4n) is 2.44. The van der Waals surface area contributed by atoms with E-state index in [0.29, 0.717) is 12.4 Å². The first-order valence-corrected chi connectivity index (χ1v) is 8.13. The molecule has 0 radical (unpaired) electrons.